The number of nitrogens with one attached hydrogen (secondary N) is 2. The van der Waals surface area contributed by atoms with Crippen molar-refractivity contribution in [3.05, 3.63) is 75.7 Å². The predicted molar refractivity (Wildman–Crippen MR) is 131 cm³/mol. The van der Waals surface area contributed by atoms with E-state index < -0.39 is 12.1 Å². The van der Waals surface area contributed by atoms with Gasteiger partial charge < -0.3 is 20.5 Å². The second-order valence-corrected chi connectivity index (χ2v) is 9.56. The molecule has 2 amide bonds. The van der Waals surface area contributed by atoms with E-state index in [9.17, 15) is 14.4 Å². The number of hydrogen-bond acceptors (Lipinski definition) is 7. The Bertz CT molecular complexity index is 1150. The highest BCUT2D eigenvalue weighted by Gasteiger charge is 2.28. The number of amides is 2. The highest BCUT2D eigenvalue weighted by molar-refractivity contribution is 7.99. The number of thiazole rings is 1. The molecule has 0 fully saturated rings. The molecule has 2 aromatic carbocycles. The fourth-order valence-corrected chi connectivity index (χ4v) is 5.14. The summed E-state index contributed by atoms with van der Waals surface area (Å²) in [5, 5.41) is 16.3. The number of aromatic nitrogens is 1. The van der Waals surface area contributed by atoms with Crippen molar-refractivity contribution < 1.29 is 24.2 Å². The van der Waals surface area contributed by atoms with E-state index in [1.54, 1.807) is 0 Å². The van der Waals surface area contributed by atoms with Crippen molar-refractivity contribution in [3.63, 3.8) is 0 Å². The number of hydrogen-bond donors (Lipinski definition) is 3. The molecule has 8 nitrogen and oxygen atoms in total. The lowest BCUT2D eigenvalue weighted by Crippen LogP contribution is -2.29. The van der Waals surface area contributed by atoms with Crippen LogP contribution in [0.5, 0.6) is 0 Å². The first-order chi connectivity index (χ1) is 16.5. The molecule has 176 valence electrons. The summed E-state index contributed by atoms with van der Waals surface area (Å²) in [7, 11) is 0. The van der Waals surface area contributed by atoms with Crippen LogP contribution in [0.25, 0.3) is 11.1 Å². The zero-order valence-electron chi connectivity index (χ0n) is 18.2. The number of thioether (sulfide) groups is 1. The largest absolute Gasteiger partial charge is 0.476 e. The van der Waals surface area contributed by atoms with Gasteiger partial charge in [0.1, 0.15) is 11.6 Å². The number of fused-ring (bicyclic) bond motifs is 3. The molecule has 10 heteroatoms. The molecular weight excluding hydrogens is 474 g/mol. The van der Waals surface area contributed by atoms with Gasteiger partial charge in [0.2, 0.25) is 5.91 Å². The summed E-state index contributed by atoms with van der Waals surface area (Å²) >= 11 is 2.57. The fraction of sp³-hybridized carbons (Fsp3) is 0.250. The first kappa shape index (κ1) is 23.8. The fourth-order valence-electron chi connectivity index (χ4n) is 3.76. The van der Waals surface area contributed by atoms with E-state index in [1.807, 2.05) is 24.3 Å². The molecule has 34 heavy (non-hydrogen) atoms. The Morgan fingerprint density at radius 2 is 1.71 bits per heavy atom. The highest BCUT2D eigenvalue weighted by atomic mass is 32.2. The third-order valence-electron chi connectivity index (χ3n) is 5.30. The van der Waals surface area contributed by atoms with Gasteiger partial charge >= 0.3 is 12.1 Å². The van der Waals surface area contributed by atoms with E-state index in [1.165, 1.54) is 39.6 Å². The average molecular weight is 498 g/mol. The van der Waals surface area contributed by atoms with Crippen molar-refractivity contribution in [2.75, 3.05) is 24.7 Å². The van der Waals surface area contributed by atoms with Crippen molar-refractivity contribution in [1.82, 2.24) is 15.6 Å². The number of carbonyl (C=O) groups is 3. The van der Waals surface area contributed by atoms with Crippen molar-refractivity contribution >= 4 is 41.1 Å². The number of rotatable bonds is 10. The molecule has 0 atom stereocenters. The Balaban J connectivity index is 1.13. The van der Waals surface area contributed by atoms with Crippen molar-refractivity contribution in [3.8, 4) is 11.1 Å². The highest BCUT2D eigenvalue weighted by Crippen LogP contribution is 2.44. The molecule has 1 aliphatic rings. The average Bonchev–Trinajstić information content (AvgIpc) is 3.44. The normalized spacial score (nSPS) is 12.0. The number of nitrogens with zero attached hydrogens (tertiary/aromatic N) is 1. The summed E-state index contributed by atoms with van der Waals surface area (Å²) in [6.45, 7) is 0.828. The number of benzene rings is 2. The topological polar surface area (TPSA) is 118 Å². The molecule has 3 aromatic rings. The molecule has 1 aliphatic carbocycles. The zero-order chi connectivity index (χ0) is 23.9. The second kappa shape index (κ2) is 11.2. The molecule has 0 spiro atoms. The molecule has 4 rings (SSSR count). The summed E-state index contributed by atoms with van der Waals surface area (Å²) in [4.78, 5) is 38.8. The van der Waals surface area contributed by atoms with Gasteiger partial charge in [-0.2, -0.15) is 11.8 Å². The maximum absolute atomic E-state index is 12.2. The quantitative estimate of drug-likeness (QED) is 0.365. The second-order valence-electron chi connectivity index (χ2n) is 7.51. The molecule has 3 N–H and O–H groups in total. The van der Waals surface area contributed by atoms with Gasteiger partial charge in [0, 0.05) is 23.6 Å². The summed E-state index contributed by atoms with van der Waals surface area (Å²) in [5.74, 6) is -0.478. The van der Waals surface area contributed by atoms with Crippen molar-refractivity contribution in [2.45, 2.75) is 12.5 Å². The van der Waals surface area contributed by atoms with E-state index in [2.05, 4.69) is 39.9 Å². The third-order valence-corrected chi connectivity index (χ3v) is 7.11. The Morgan fingerprint density at radius 3 is 2.35 bits per heavy atom. The lowest BCUT2D eigenvalue weighted by atomic mass is 9.98. The standard InChI is InChI=1S/C24H23N3O5S2/c28-21(26-11-22-27-20(13-34-22)23(29)30)14-33-10-9-25-24(31)32-12-19-17-7-3-1-5-15(17)16-6-2-4-8-18(16)19/h1-8,13,19H,9-12,14H2,(H,25,31)(H,26,28)(H,29,30). The van der Waals surface area contributed by atoms with Crippen LogP contribution < -0.4 is 10.6 Å². The van der Waals surface area contributed by atoms with Crippen LogP contribution in [0.2, 0.25) is 0 Å². The molecule has 0 aliphatic heterocycles. The van der Waals surface area contributed by atoms with E-state index >= 15 is 0 Å². The number of alkyl carbamates (subject to hydrolysis) is 1. The predicted octanol–water partition coefficient (Wildman–Crippen LogP) is 3.73. The van der Waals surface area contributed by atoms with Gasteiger partial charge in [-0.1, -0.05) is 48.5 Å². The zero-order valence-corrected chi connectivity index (χ0v) is 19.8. The van der Waals surface area contributed by atoms with Gasteiger partial charge in [0.15, 0.2) is 5.69 Å². The number of carboxylic acid groups (broad SMARTS) is 1. The summed E-state index contributed by atoms with van der Waals surface area (Å²) in [6, 6.07) is 16.3. The van der Waals surface area contributed by atoms with Crippen LogP contribution >= 0.6 is 23.1 Å². The minimum absolute atomic E-state index is 0.0145. The third kappa shape index (κ3) is 5.75. The van der Waals surface area contributed by atoms with E-state index in [0.29, 0.717) is 17.3 Å². The van der Waals surface area contributed by atoms with Gasteiger partial charge in [-0.25, -0.2) is 14.6 Å². The maximum Gasteiger partial charge on any atom is 0.407 e. The molecule has 1 heterocycles. The van der Waals surface area contributed by atoms with Crippen LogP contribution in [0.4, 0.5) is 4.79 Å². The number of carboxylic acids is 1. The summed E-state index contributed by atoms with van der Waals surface area (Å²) in [5.41, 5.74) is 4.66. The molecule has 1 aromatic heterocycles. The SMILES string of the molecule is O=C(CSCCNC(=O)OCC1c2ccccc2-c2ccccc21)NCc1nc(C(=O)O)cs1. The Kier molecular flexibility index (Phi) is 7.81. The van der Waals surface area contributed by atoms with Crippen LogP contribution in [0.1, 0.15) is 32.5 Å². The molecule has 0 unspecified atom stereocenters. The van der Waals surface area contributed by atoms with Crippen LogP contribution in [-0.2, 0) is 16.1 Å². The van der Waals surface area contributed by atoms with E-state index in [4.69, 9.17) is 9.84 Å². The van der Waals surface area contributed by atoms with Crippen molar-refractivity contribution in [1.29, 1.82) is 0 Å². The number of carbonyl (C=O) groups excluding carboxylic acids is 2. The molecule has 0 saturated heterocycles. The number of aromatic carboxylic acids is 1. The van der Waals surface area contributed by atoms with Crippen LogP contribution in [0.3, 0.4) is 0 Å². The summed E-state index contributed by atoms with van der Waals surface area (Å²) in [6.07, 6.45) is -0.482. The minimum atomic E-state index is -1.09. The van der Waals surface area contributed by atoms with Gasteiger partial charge in [0.25, 0.3) is 0 Å². The van der Waals surface area contributed by atoms with E-state index in [0.717, 1.165) is 11.1 Å². The van der Waals surface area contributed by atoms with Crippen LogP contribution in [0.15, 0.2) is 53.9 Å². The number of ether oxygens (including phenoxy) is 1. The molecular formula is C24H23N3O5S2. The smallest absolute Gasteiger partial charge is 0.407 e. The van der Waals surface area contributed by atoms with Crippen LogP contribution in [-0.4, -0.2) is 52.7 Å². The lowest BCUT2D eigenvalue weighted by Gasteiger charge is -2.14. The molecule has 0 saturated carbocycles. The lowest BCUT2D eigenvalue weighted by molar-refractivity contribution is -0.118. The van der Waals surface area contributed by atoms with Gasteiger partial charge in [-0.15, -0.1) is 11.3 Å². The maximum atomic E-state index is 12.2. The Hall–Kier alpha value is -3.37. The van der Waals surface area contributed by atoms with Gasteiger partial charge in [0.05, 0.1) is 12.3 Å². The van der Waals surface area contributed by atoms with Crippen molar-refractivity contribution in [2.24, 2.45) is 0 Å². The Labute approximate surface area is 204 Å². The van der Waals surface area contributed by atoms with E-state index in [-0.39, 0.29) is 36.4 Å². The van der Waals surface area contributed by atoms with Gasteiger partial charge in [-0.3, -0.25) is 4.79 Å². The first-order valence-corrected chi connectivity index (χ1v) is 12.7. The molecule has 0 radical (unpaired) electrons. The molecule has 0 bridgehead atoms. The minimum Gasteiger partial charge on any atom is -0.476 e. The Morgan fingerprint density at radius 1 is 1.03 bits per heavy atom. The monoisotopic (exact) mass is 497 g/mol. The summed E-state index contributed by atoms with van der Waals surface area (Å²) < 4.78 is 5.49. The van der Waals surface area contributed by atoms with Crippen LogP contribution in [0, 0.1) is 0 Å². The first-order valence-electron chi connectivity index (χ1n) is 10.6. The van der Waals surface area contributed by atoms with Gasteiger partial charge in [-0.05, 0) is 22.3 Å².